The lowest BCUT2D eigenvalue weighted by Crippen LogP contribution is -2.30. The minimum Gasteiger partial charge on any atom is -0.486 e. The van der Waals surface area contributed by atoms with Gasteiger partial charge in [0, 0.05) is 41.8 Å². The molecule has 6 rings (SSSR count). The van der Waals surface area contributed by atoms with Crippen LogP contribution in [0.15, 0.2) is 47.3 Å². The van der Waals surface area contributed by atoms with Crippen LogP contribution < -0.4 is 10.3 Å². The molecule has 0 unspecified atom stereocenters. The number of piperidine rings is 1. The molecule has 3 aromatic rings. The Kier molecular flexibility index (Phi) is 7.20. The maximum atomic E-state index is 13.5. The van der Waals surface area contributed by atoms with Crippen LogP contribution in [0.5, 0.6) is 5.75 Å². The molecule has 1 N–H and O–H groups in total. The molecular formula is C34H40N2O3. The van der Waals surface area contributed by atoms with Gasteiger partial charge in [0.2, 0.25) is 0 Å². The summed E-state index contributed by atoms with van der Waals surface area (Å²) in [5.41, 5.74) is 7.62. The van der Waals surface area contributed by atoms with Gasteiger partial charge in [0.25, 0.3) is 5.56 Å². The van der Waals surface area contributed by atoms with Gasteiger partial charge in [-0.1, -0.05) is 30.7 Å². The lowest BCUT2D eigenvalue weighted by molar-refractivity contribution is 0.0982. The monoisotopic (exact) mass is 524 g/mol. The number of rotatable bonds is 7. The molecule has 5 heteroatoms. The van der Waals surface area contributed by atoms with Crippen LogP contribution in [0.3, 0.4) is 0 Å². The van der Waals surface area contributed by atoms with Crippen molar-refractivity contribution in [3.63, 3.8) is 0 Å². The van der Waals surface area contributed by atoms with Crippen LogP contribution in [0, 0.1) is 13.8 Å². The maximum absolute atomic E-state index is 13.5. The number of benzene rings is 2. The molecule has 5 nitrogen and oxygen atoms in total. The Morgan fingerprint density at radius 2 is 1.72 bits per heavy atom. The minimum absolute atomic E-state index is 0.0764. The fourth-order valence-corrected chi connectivity index (χ4v) is 6.95. The van der Waals surface area contributed by atoms with Gasteiger partial charge in [-0.3, -0.25) is 14.5 Å². The summed E-state index contributed by atoms with van der Waals surface area (Å²) < 4.78 is 6.73. The van der Waals surface area contributed by atoms with Crippen molar-refractivity contribution in [2.45, 2.75) is 90.2 Å². The number of ketones is 1. The van der Waals surface area contributed by atoms with Gasteiger partial charge in [0.15, 0.2) is 5.78 Å². The van der Waals surface area contributed by atoms with Gasteiger partial charge in [-0.15, -0.1) is 0 Å². The Balaban J connectivity index is 1.28. The number of likely N-dealkylation sites (tertiary alicyclic amines) is 1. The molecule has 39 heavy (non-hydrogen) atoms. The van der Waals surface area contributed by atoms with Gasteiger partial charge in [-0.25, -0.2) is 0 Å². The smallest absolute Gasteiger partial charge is 0.251 e. The lowest BCUT2D eigenvalue weighted by atomic mass is 9.90. The van der Waals surface area contributed by atoms with E-state index < -0.39 is 0 Å². The predicted octanol–water partition coefficient (Wildman–Crippen LogP) is 6.71. The van der Waals surface area contributed by atoms with E-state index in [9.17, 15) is 9.59 Å². The fourth-order valence-electron chi connectivity index (χ4n) is 6.95. The zero-order valence-corrected chi connectivity index (χ0v) is 23.4. The van der Waals surface area contributed by atoms with Crippen LogP contribution in [0.25, 0.3) is 11.1 Å². The van der Waals surface area contributed by atoms with Gasteiger partial charge >= 0.3 is 0 Å². The highest BCUT2D eigenvalue weighted by molar-refractivity contribution is 5.98. The average Bonchev–Trinajstić information content (AvgIpc) is 3.54. The van der Waals surface area contributed by atoms with Gasteiger partial charge in [0.1, 0.15) is 11.4 Å². The molecule has 3 heterocycles. The van der Waals surface area contributed by atoms with E-state index in [0.717, 1.165) is 65.1 Å². The number of pyridine rings is 1. The number of nitrogens with one attached hydrogen (secondary N) is 1. The fraction of sp³-hybridized carbons (Fsp3) is 0.471. The van der Waals surface area contributed by atoms with Crippen molar-refractivity contribution < 1.29 is 9.53 Å². The number of fused-ring (bicyclic) bond motifs is 1. The summed E-state index contributed by atoms with van der Waals surface area (Å²) in [5.74, 6) is 1.04. The number of carbonyl (C=O) groups is 1. The summed E-state index contributed by atoms with van der Waals surface area (Å²) in [5, 5.41) is 0. The van der Waals surface area contributed by atoms with Crippen LogP contribution >= 0.6 is 0 Å². The van der Waals surface area contributed by atoms with Crippen LogP contribution in [0.2, 0.25) is 0 Å². The first-order valence-electron chi connectivity index (χ1n) is 14.8. The van der Waals surface area contributed by atoms with Crippen molar-refractivity contribution in [1.29, 1.82) is 0 Å². The van der Waals surface area contributed by atoms with Crippen molar-refractivity contribution in [3.05, 3.63) is 86.3 Å². The highest BCUT2D eigenvalue weighted by Gasteiger charge is 2.43. The first-order chi connectivity index (χ1) is 18.9. The van der Waals surface area contributed by atoms with Crippen molar-refractivity contribution in [2.24, 2.45) is 0 Å². The molecule has 2 fully saturated rings. The topological polar surface area (TPSA) is 62.4 Å². The van der Waals surface area contributed by atoms with Gasteiger partial charge < -0.3 is 9.72 Å². The zero-order chi connectivity index (χ0) is 27.0. The van der Waals surface area contributed by atoms with E-state index in [1.165, 1.54) is 50.8 Å². The second kappa shape index (κ2) is 10.8. The number of carbonyl (C=O) groups excluding carboxylic acids is 1. The maximum Gasteiger partial charge on any atom is 0.251 e. The summed E-state index contributed by atoms with van der Waals surface area (Å²) in [6, 6.07) is 14.9. The highest BCUT2D eigenvalue weighted by Crippen LogP contribution is 2.49. The quantitative estimate of drug-likeness (QED) is 0.349. The van der Waals surface area contributed by atoms with E-state index in [1.807, 2.05) is 26.0 Å². The molecule has 1 aromatic heterocycles. The van der Waals surface area contributed by atoms with E-state index in [4.69, 9.17) is 4.74 Å². The van der Waals surface area contributed by atoms with Crippen LogP contribution in [-0.4, -0.2) is 34.4 Å². The lowest BCUT2D eigenvalue weighted by Gasteiger charge is -2.26. The molecule has 204 valence electrons. The average molecular weight is 525 g/mol. The third kappa shape index (κ3) is 5.47. The largest absolute Gasteiger partial charge is 0.486 e. The zero-order valence-electron chi connectivity index (χ0n) is 23.4. The van der Waals surface area contributed by atoms with E-state index >= 15 is 0 Å². The molecule has 2 aliphatic heterocycles. The number of H-pyrrole nitrogens is 1. The molecule has 0 amide bonds. The molecule has 2 aromatic carbocycles. The molecule has 1 spiro atoms. The number of aromatic amines is 1. The molecule has 3 aliphatic rings. The van der Waals surface area contributed by atoms with Crippen molar-refractivity contribution in [3.8, 4) is 16.9 Å². The molecule has 0 atom stereocenters. The molecular weight excluding hydrogens is 484 g/mol. The number of aromatic nitrogens is 1. The molecule has 0 radical (unpaired) electrons. The number of Topliss-reactive ketones (excluding diaryl/α,β-unsaturated/α-hetero) is 1. The number of aryl methyl sites for hydroxylation is 2. The molecule has 1 saturated heterocycles. The number of hydrogen-bond donors (Lipinski definition) is 1. The summed E-state index contributed by atoms with van der Waals surface area (Å²) >= 11 is 0. The standard InChI is InChI=1S/C34H40N2O3/c1-23-18-24(2)35-33(38)29(23)12-13-31(37)27-19-28-21-34(14-4-5-15-34)39-32(28)30(20-27)26-10-8-25(9-11-26)22-36-16-6-3-7-17-36/h8-11,18-20H,3-7,12-17,21-22H2,1-2H3,(H,35,38). The summed E-state index contributed by atoms with van der Waals surface area (Å²) in [4.78, 5) is 31.5. The van der Waals surface area contributed by atoms with Gasteiger partial charge in [-0.2, -0.15) is 0 Å². The molecule has 1 aliphatic carbocycles. The SMILES string of the molecule is Cc1cc(C)c(CCC(=O)c2cc3c(c(-c4ccc(CN5CCCCC5)cc4)c2)OC2(CCCC2)C3)c(=O)[nH]1. The normalized spacial score (nSPS) is 18.3. The number of ether oxygens (including phenoxy) is 1. The summed E-state index contributed by atoms with van der Waals surface area (Å²) in [7, 11) is 0. The minimum atomic E-state index is -0.112. The van der Waals surface area contributed by atoms with Crippen LogP contribution in [0.4, 0.5) is 0 Å². The highest BCUT2D eigenvalue weighted by atomic mass is 16.5. The van der Waals surface area contributed by atoms with Crippen molar-refractivity contribution in [2.75, 3.05) is 13.1 Å². The third-order valence-electron chi connectivity index (χ3n) is 9.05. The van der Waals surface area contributed by atoms with Crippen LogP contribution in [-0.2, 0) is 19.4 Å². The number of nitrogens with zero attached hydrogens (tertiary/aromatic N) is 1. The van der Waals surface area contributed by atoms with E-state index in [0.29, 0.717) is 18.4 Å². The molecule has 0 bridgehead atoms. The third-order valence-corrected chi connectivity index (χ3v) is 9.05. The van der Waals surface area contributed by atoms with Gasteiger partial charge in [0.05, 0.1) is 0 Å². The van der Waals surface area contributed by atoms with Crippen LogP contribution in [0.1, 0.15) is 89.7 Å². The molecule has 1 saturated carbocycles. The second-order valence-corrected chi connectivity index (χ2v) is 12.1. The Hall–Kier alpha value is -3.18. The van der Waals surface area contributed by atoms with Crippen molar-refractivity contribution in [1.82, 2.24) is 9.88 Å². The Morgan fingerprint density at radius 3 is 2.44 bits per heavy atom. The van der Waals surface area contributed by atoms with E-state index in [2.05, 4.69) is 40.2 Å². The Morgan fingerprint density at radius 1 is 0.974 bits per heavy atom. The second-order valence-electron chi connectivity index (χ2n) is 12.1. The summed E-state index contributed by atoms with van der Waals surface area (Å²) in [6.45, 7) is 7.19. The first-order valence-corrected chi connectivity index (χ1v) is 14.8. The van der Waals surface area contributed by atoms with E-state index in [1.54, 1.807) is 0 Å². The first kappa shape index (κ1) is 26.1. The Bertz CT molecular complexity index is 1420. The predicted molar refractivity (Wildman–Crippen MR) is 156 cm³/mol. The van der Waals surface area contributed by atoms with E-state index in [-0.39, 0.29) is 16.9 Å². The van der Waals surface area contributed by atoms with Crippen molar-refractivity contribution >= 4 is 5.78 Å². The Labute approximate surface area is 231 Å². The number of hydrogen-bond acceptors (Lipinski definition) is 4. The summed E-state index contributed by atoms with van der Waals surface area (Å²) in [6.07, 6.45) is 10.1. The van der Waals surface area contributed by atoms with Gasteiger partial charge in [-0.05, 0) is 112 Å².